The van der Waals surface area contributed by atoms with E-state index in [1.54, 1.807) is 0 Å². The minimum absolute atomic E-state index is 0.744. The highest BCUT2D eigenvalue weighted by Crippen LogP contribution is 2.17. The normalized spacial score (nSPS) is 21.9. The van der Waals surface area contributed by atoms with E-state index in [1.807, 2.05) is 0 Å². The van der Waals surface area contributed by atoms with Crippen molar-refractivity contribution in [3.05, 3.63) is 11.6 Å². The van der Waals surface area contributed by atoms with Gasteiger partial charge in [0.05, 0.1) is 6.54 Å². The highest BCUT2D eigenvalue weighted by Gasteiger charge is 2.17. The molecule has 0 atom stereocenters. The molecule has 2 rings (SSSR count). The van der Waals surface area contributed by atoms with Gasteiger partial charge in [0.2, 0.25) is 0 Å². The maximum atomic E-state index is 4.62. The molecule has 3 heteroatoms. The molecule has 0 radical (unpaired) electrons. The van der Waals surface area contributed by atoms with E-state index < -0.39 is 0 Å². The van der Waals surface area contributed by atoms with Crippen LogP contribution in [0.5, 0.6) is 0 Å². The molecule has 1 N–H and O–H groups in total. The number of piperazine rings is 1. The van der Waals surface area contributed by atoms with Crippen LogP contribution >= 0.6 is 0 Å². The maximum absolute atomic E-state index is 4.62. The van der Waals surface area contributed by atoms with Crippen LogP contribution in [-0.4, -0.2) is 43.5 Å². The Hall–Kier alpha value is -0.830. The molecule has 1 saturated heterocycles. The number of nitrogens with zero attached hydrogens (tertiary/aromatic N) is 2. The van der Waals surface area contributed by atoms with Gasteiger partial charge in [-0.1, -0.05) is 13.8 Å². The summed E-state index contributed by atoms with van der Waals surface area (Å²) in [5.41, 5.74) is 1.50. The van der Waals surface area contributed by atoms with Crippen LogP contribution in [0.2, 0.25) is 0 Å². The molecule has 0 aromatic heterocycles. The van der Waals surface area contributed by atoms with Crippen LogP contribution in [0.1, 0.15) is 20.3 Å². The van der Waals surface area contributed by atoms with E-state index in [9.17, 15) is 0 Å². The van der Waals surface area contributed by atoms with Crippen molar-refractivity contribution in [1.29, 1.82) is 0 Å². The summed E-state index contributed by atoms with van der Waals surface area (Å²) in [6.07, 6.45) is 3.49. The van der Waals surface area contributed by atoms with Gasteiger partial charge in [-0.2, -0.15) is 0 Å². The number of aliphatic imine (C=N–C) groups is 1. The molecule has 2 aliphatic rings. The zero-order chi connectivity index (χ0) is 10.7. The fourth-order valence-corrected chi connectivity index (χ4v) is 2.19. The van der Waals surface area contributed by atoms with Crippen molar-refractivity contribution >= 4 is 5.84 Å². The van der Waals surface area contributed by atoms with Crippen molar-refractivity contribution in [3.8, 4) is 0 Å². The molecule has 0 aliphatic carbocycles. The van der Waals surface area contributed by atoms with Crippen LogP contribution in [0.15, 0.2) is 16.6 Å². The second kappa shape index (κ2) is 4.79. The lowest BCUT2D eigenvalue weighted by molar-refractivity contribution is 0.359. The third-order valence-electron chi connectivity index (χ3n) is 2.89. The summed E-state index contributed by atoms with van der Waals surface area (Å²) in [5.74, 6) is 1.96. The van der Waals surface area contributed by atoms with Crippen LogP contribution in [0, 0.1) is 5.92 Å². The molecule has 0 amide bonds. The van der Waals surface area contributed by atoms with Crippen molar-refractivity contribution < 1.29 is 0 Å². The molecule has 0 aromatic carbocycles. The highest BCUT2D eigenvalue weighted by molar-refractivity contribution is 5.95. The van der Waals surface area contributed by atoms with E-state index >= 15 is 0 Å². The molecule has 1 fully saturated rings. The van der Waals surface area contributed by atoms with Crippen LogP contribution < -0.4 is 5.32 Å². The van der Waals surface area contributed by atoms with Crippen LogP contribution in [0.3, 0.4) is 0 Å². The Morgan fingerprint density at radius 2 is 2.13 bits per heavy atom. The summed E-state index contributed by atoms with van der Waals surface area (Å²) < 4.78 is 0. The van der Waals surface area contributed by atoms with Gasteiger partial charge in [0.25, 0.3) is 0 Å². The lowest BCUT2D eigenvalue weighted by Crippen LogP contribution is -2.45. The molecule has 0 aromatic rings. The zero-order valence-corrected chi connectivity index (χ0v) is 9.79. The second-order valence-electron chi connectivity index (χ2n) is 4.81. The first-order valence-electron chi connectivity index (χ1n) is 5.95. The van der Waals surface area contributed by atoms with Crippen molar-refractivity contribution in [3.63, 3.8) is 0 Å². The molecule has 0 bridgehead atoms. The number of amidine groups is 1. The van der Waals surface area contributed by atoms with Crippen molar-refractivity contribution in [2.75, 3.05) is 32.7 Å². The third-order valence-corrected chi connectivity index (χ3v) is 2.89. The molecular formula is C12H21N3. The summed E-state index contributed by atoms with van der Waals surface area (Å²) in [7, 11) is 0. The molecule has 2 aliphatic heterocycles. The van der Waals surface area contributed by atoms with Gasteiger partial charge in [-0.15, -0.1) is 0 Å². The van der Waals surface area contributed by atoms with Crippen molar-refractivity contribution in [1.82, 2.24) is 10.2 Å². The molecule has 84 valence electrons. The standard InChI is InChI=1S/C12H21N3/c1-10(2)7-11-8-12(14-9-11)15-5-3-13-4-6-15/h8,10,13H,3-7,9H2,1-2H3. The minimum atomic E-state index is 0.744. The van der Waals surface area contributed by atoms with Gasteiger partial charge in [-0.3, -0.25) is 4.99 Å². The lowest BCUT2D eigenvalue weighted by atomic mass is 10.0. The fraction of sp³-hybridized carbons (Fsp3) is 0.750. The SMILES string of the molecule is CC(C)CC1=CC(N2CCNCC2)=NC1. The first kappa shape index (κ1) is 10.7. The Morgan fingerprint density at radius 3 is 2.80 bits per heavy atom. The predicted octanol–water partition coefficient (Wildman–Crippen LogP) is 1.28. The molecule has 0 unspecified atom stereocenters. The van der Waals surface area contributed by atoms with Gasteiger partial charge in [-0.25, -0.2) is 0 Å². The van der Waals surface area contributed by atoms with Crippen LogP contribution in [-0.2, 0) is 0 Å². The monoisotopic (exact) mass is 207 g/mol. The molecule has 0 spiro atoms. The van der Waals surface area contributed by atoms with Gasteiger partial charge in [0, 0.05) is 26.2 Å². The Kier molecular flexibility index (Phi) is 3.41. The lowest BCUT2D eigenvalue weighted by Gasteiger charge is -2.28. The molecule has 0 saturated carbocycles. The Morgan fingerprint density at radius 1 is 1.40 bits per heavy atom. The molecule has 15 heavy (non-hydrogen) atoms. The summed E-state index contributed by atoms with van der Waals surface area (Å²) in [6, 6.07) is 0. The number of hydrogen-bond acceptors (Lipinski definition) is 3. The largest absolute Gasteiger partial charge is 0.354 e. The summed E-state index contributed by atoms with van der Waals surface area (Å²) in [6.45, 7) is 9.85. The summed E-state index contributed by atoms with van der Waals surface area (Å²) >= 11 is 0. The maximum Gasteiger partial charge on any atom is 0.123 e. The van der Waals surface area contributed by atoms with Gasteiger partial charge >= 0.3 is 0 Å². The van der Waals surface area contributed by atoms with E-state index in [1.165, 1.54) is 17.8 Å². The number of hydrogen-bond donors (Lipinski definition) is 1. The minimum Gasteiger partial charge on any atom is -0.354 e. The quantitative estimate of drug-likeness (QED) is 0.738. The van der Waals surface area contributed by atoms with Gasteiger partial charge in [-0.05, 0) is 24.0 Å². The second-order valence-corrected chi connectivity index (χ2v) is 4.81. The Balaban J connectivity index is 1.91. The van der Waals surface area contributed by atoms with Gasteiger partial charge in [0.15, 0.2) is 0 Å². The topological polar surface area (TPSA) is 27.6 Å². The van der Waals surface area contributed by atoms with E-state index in [-0.39, 0.29) is 0 Å². The number of nitrogens with one attached hydrogen (secondary N) is 1. The first-order valence-corrected chi connectivity index (χ1v) is 5.95. The number of rotatable bonds is 2. The molecular weight excluding hydrogens is 186 g/mol. The predicted molar refractivity (Wildman–Crippen MR) is 64.3 cm³/mol. The van der Waals surface area contributed by atoms with Gasteiger partial charge < -0.3 is 10.2 Å². The summed E-state index contributed by atoms with van der Waals surface area (Å²) in [4.78, 5) is 7.01. The average Bonchev–Trinajstić information content (AvgIpc) is 2.67. The highest BCUT2D eigenvalue weighted by atomic mass is 15.2. The average molecular weight is 207 g/mol. The Labute approximate surface area is 92.3 Å². The first-order chi connectivity index (χ1) is 7.25. The van der Waals surface area contributed by atoms with Crippen molar-refractivity contribution in [2.45, 2.75) is 20.3 Å². The van der Waals surface area contributed by atoms with Gasteiger partial charge in [0.1, 0.15) is 5.84 Å². The summed E-state index contributed by atoms with van der Waals surface area (Å²) in [5, 5.41) is 3.36. The van der Waals surface area contributed by atoms with E-state index in [2.05, 4.69) is 35.1 Å². The van der Waals surface area contributed by atoms with E-state index in [0.717, 1.165) is 38.6 Å². The van der Waals surface area contributed by atoms with Crippen LogP contribution in [0.4, 0.5) is 0 Å². The molecule has 2 heterocycles. The third kappa shape index (κ3) is 2.81. The van der Waals surface area contributed by atoms with E-state index in [0.29, 0.717) is 0 Å². The molecule has 3 nitrogen and oxygen atoms in total. The Bertz CT molecular complexity index is 273. The van der Waals surface area contributed by atoms with Crippen LogP contribution in [0.25, 0.3) is 0 Å². The zero-order valence-electron chi connectivity index (χ0n) is 9.79. The smallest absolute Gasteiger partial charge is 0.123 e. The van der Waals surface area contributed by atoms with Crippen molar-refractivity contribution in [2.24, 2.45) is 10.9 Å². The van der Waals surface area contributed by atoms with E-state index in [4.69, 9.17) is 0 Å². The fourth-order valence-electron chi connectivity index (χ4n) is 2.19.